The molecule has 0 radical (unpaired) electrons. The molecule has 0 aliphatic heterocycles. The number of hydrogen-bond donors (Lipinski definition) is 1. The van der Waals surface area contributed by atoms with Gasteiger partial charge < -0.3 is 0 Å². The van der Waals surface area contributed by atoms with Crippen molar-refractivity contribution in [3.8, 4) is 12.1 Å². The Morgan fingerprint density at radius 1 is 1.22 bits per heavy atom. The van der Waals surface area contributed by atoms with Crippen molar-refractivity contribution in [2.75, 3.05) is 6.54 Å². The molecule has 1 N–H and O–H groups in total. The summed E-state index contributed by atoms with van der Waals surface area (Å²) in [5.41, 5.74) is 0.484. The first-order valence-corrected chi connectivity index (χ1v) is 9.53. The second kappa shape index (κ2) is 8.86. The van der Waals surface area contributed by atoms with Gasteiger partial charge in [-0.1, -0.05) is 38.3 Å². The average molecular weight is 335 g/mol. The third-order valence-corrected chi connectivity index (χ3v) is 6.73. The maximum absolute atomic E-state index is 12.6. The van der Waals surface area contributed by atoms with Gasteiger partial charge in [-0.05, 0) is 25.8 Å². The SMILES string of the molecule is CC1C(C#N)=CC=CC1(C)S(=O)(=O)NCCCCCCCC#N. The minimum atomic E-state index is -3.55. The number of nitrogens with zero attached hydrogens (tertiary/aromatic N) is 2. The summed E-state index contributed by atoms with van der Waals surface area (Å²) in [6.07, 6.45) is 10.2. The second-order valence-corrected chi connectivity index (χ2v) is 8.25. The molecule has 126 valence electrons. The summed E-state index contributed by atoms with van der Waals surface area (Å²) in [5.74, 6) is -0.374. The summed E-state index contributed by atoms with van der Waals surface area (Å²) < 4.78 is 26.8. The van der Waals surface area contributed by atoms with Crippen LogP contribution in [0, 0.1) is 28.6 Å². The Kier molecular flexibility index (Phi) is 7.48. The fourth-order valence-corrected chi connectivity index (χ4v) is 4.19. The third-order valence-electron chi connectivity index (χ3n) is 4.49. The molecule has 0 aromatic heterocycles. The van der Waals surface area contributed by atoms with Gasteiger partial charge in [0, 0.05) is 24.5 Å². The van der Waals surface area contributed by atoms with Gasteiger partial charge in [-0.25, -0.2) is 13.1 Å². The molecule has 0 bridgehead atoms. The van der Waals surface area contributed by atoms with Crippen LogP contribution in [0.25, 0.3) is 0 Å². The van der Waals surface area contributed by atoms with Gasteiger partial charge in [0.1, 0.15) is 4.75 Å². The lowest BCUT2D eigenvalue weighted by molar-refractivity contribution is 0.491. The van der Waals surface area contributed by atoms with E-state index >= 15 is 0 Å². The summed E-state index contributed by atoms with van der Waals surface area (Å²) in [5, 5.41) is 17.6. The zero-order valence-electron chi connectivity index (χ0n) is 13.9. The van der Waals surface area contributed by atoms with E-state index in [0.29, 0.717) is 18.5 Å². The molecule has 0 aromatic carbocycles. The molecular formula is C17H25N3O2S. The summed E-state index contributed by atoms with van der Waals surface area (Å²) in [6, 6.07) is 4.19. The van der Waals surface area contributed by atoms with Crippen molar-refractivity contribution in [3.05, 3.63) is 23.8 Å². The largest absolute Gasteiger partial charge is 0.221 e. The predicted octanol–water partition coefficient (Wildman–Crippen LogP) is 3.18. The van der Waals surface area contributed by atoms with E-state index in [2.05, 4.69) is 16.9 Å². The zero-order chi connectivity index (χ0) is 17.3. The fraction of sp³-hybridized carbons (Fsp3) is 0.647. The third kappa shape index (κ3) is 4.92. The molecule has 23 heavy (non-hydrogen) atoms. The molecule has 5 nitrogen and oxygen atoms in total. The Bertz CT molecular complexity index is 638. The Morgan fingerprint density at radius 2 is 1.87 bits per heavy atom. The van der Waals surface area contributed by atoms with E-state index in [1.165, 1.54) is 0 Å². The Hall–Kier alpha value is -1.63. The van der Waals surface area contributed by atoms with Crippen LogP contribution in [0.4, 0.5) is 0 Å². The van der Waals surface area contributed by atoms with Crippen LogP contribution in [-0.4, -0.2) is 19.7 Å². The van der Waals surface area contributed by atoms with Crippen molar-refractivity contribution in [2.45, 2.75) is 57.1 Å². The maximum Gasteiger partial charge on any atom is 0.221 e. The van der Waals surface area contributed by atoms with Crippen molar-refractivity contribution < 1.29 is 8.42 Å². The highest BCUT2D eigenvalue weighted by Crippen LogP contribution is 2.35. The first kappa shape index (κ1) is 19.4. The van der Waals surface area contributed by atoms with Crippen LogP contribution in [0.15, 0.2) is 23.8 Å². The van der Waals surface area contributed by atoms with Crippen molar-refractivity contribution in [1.82, 2.24) is 4.72 Å². The monoisotopic (exact) mass is 335 g/mol. The Morgan fingerprint density at radius 3 is 2.52 bits per heavy atom. The van der Waals surface area contributed by atoms with E-state index in [1.54, 1.807) is 32.1 Å². The molecule has 2 atom stereocenters. The molecule has 0 heterocycles. The molecule has 1 aliphatic rings. The number of sulfonamides is 1. The number of allylic oxidation sites excluding steroid dienone is 3. The van der Waals surface area contributed by atoms with Gasteiger partial charge in [-0.3, -0.25) is 0 Å². The number of nitrogens with one attached hydrogen (secondary N) is 1. The molecule has 0 fully saturated rings. The highest BCUT2D eigenvalue weighted by Gasteiger charge is 2.44. The topological polar surface area (TPSA) is 93.8 Å². The van der Waals surface area contributed by atoms with Crippen molar-refractivity contribution >= 4 is 10.0 Å². The lowest BCUT2D eigenvalue weighted by Gasteiger charge is -2.34. The quantitative estimate of drug-likeness (QED) is 0.655. The highest BCUT2D eigenvalue weighted by molar-refractivity contribution is 7.91. The van der Waals surface area contributed by atoms with Gasteiger partial charge in [0.15, 0.2) is 0 Å². The van der Waals surface area contributed by atoms with E-state index in [1.807, 2.05) is 0 Å². The van der Waals surface area contributed by atoms with Gasteiger partial charge in [-0.15, -0.1) is 0 Å². The van der Waals surface area contributed by atoms with Gasteiger partial charge in [0.05, 0.1) is 12.1 Å². The number of hydrogen-bond acceptors (Lipinski definition) is 4. The Labute approximate surface area is 139 Å². The predicted molar refractivity (Wildman–Crippen MR) is 90.6 cm³/mol. The van der Waals surface area contributed by atoms with E-state index < -0.39 is 14.8 Å². The summed E-state index contributed by atoms with van der Waals surface area (Å²) in [4.78, 5) is 0. The van der Waals surface area contributed by atoms with Gasteiger partial charge in [0.2, 0.25) is 10.0 Å². The summed E-state index contributed by atoms with van der Waals surface area (Å²) >= 11 is 0. The van der Waals surface area contributed by atoms with Crippen LogP contribution in [0.5, 0.6) is 0 Å². The molecule has 1 aliphatic carbocycles. The molecule has 0 aromatic rings. The molecule has 0 spiro atoms. The van der Waals surface area contributed by atoms with Crippen molar-refractivity contribution in [1.29, 1.82) is 10.5 Å². The summed E-state index contributed by atoms with van der Waals surface area (Å²) in [7, 11) is -3.55. The van der Waals surface area contributed by atoms with Gasteiger partial charge in [-0.2, -0.15) is 10.5 Å². The minimum absolute atomic E-state index is 0.374. The van der Waals surface area contributed by atoms with Gasteiger partial charge in [0.25, 0.3) is 0 Å². The van der Waals surface area contributed by atoms with Crippen LogP contribution < -0.4 is 4.72 Å². The smallest absolute Gasteiger partial charge is 0.214 e. The van der Waals surface area contributed by atoms with E-state index in [-0.39, 0.29) is 5.92 Å². The Balaban J connectivity index is 2.48. The first-order valence-electron chi connectivity index (χ1n) is 8.04. The first-order chi connectivity index (χ1) is 10.9. The van der Waals surface area contributed by atoms with Crippen LogP contribution in [0.3, 0.4) is 0 Å². The lowest BCUT2D eigenvalue weighted by Crippen LogP contribution is -2.48. The normalized spacial score (nSPS) is 23.8. The zero-order valence-corrected chi connectivity index (χ0v) is 14.7. The van der Waals surface area contributed by atoms with E-state index in [4.69, 9.17) is 10.5 Å². The van der Waals surface area contributed by atoms with Crippen LogP contribution in [-0.2, 0) is 10.0 Å². The standard InChI is InChI=1S/C17H25N3O2S/c1-15-16(14-19)10-9-11-17(15,2)23(21,22)20-13-8-6-4-3-5-7-12-18/h9-11,15,20H,3-8,13H2,1-2H3. The molecule has 0 saturated heterocycles. The van der Waals surface area contributed by atoms with E-state index in [0.717, 1.165) is 32.1 Å². The highest BCUT2D eigenvalue weighted by atomic mass is 32.2. The average Bonchev–Trinajstić information content (AvgIpc) is 2.52. The van der Waals surface area contributed by atoms with Crippen LogP contribution in [0.1, 0.15) is 52.4 Å². The molecule has 6 heteroatoms. The van der Waals surface area contributed by atoms with Crippen LogP contribution in [0.2, 0.25) is 0 Å². The molecule has 0 amide bonds. The van der Waals surface area contributed by atoms with Crippen molar-refractivity contribution in [3.63, 3.8) is 0 Å². The maximum atomic E-state index is 12.6. The molecule has 1 rings (SSSR count). The van der Waals surface area contributed by atoms with Gasteiger partial charge >= 0.3 is 0 Å². The number of nitriles is 2. The second-order valence-electron chi connectivity index (χ2n) is 6.07. The molecule has 2 unspecified atom stereocenters. The molecular weight excluding hydrogens is 310 g/mol. The van der Waals surface area contributed by atoms with E-state index in [9.17, 15) is 8.42 Å². The van der Waals surface area contributed by atoms with Crippen LogP contribution >= 0.6 is 0 Å². The fourth-order valence-electron chi connectivity index (χ4n) is 2.62. The minimum Gasteiger partial charge on any atom is -0.214 e. The lowest BCUT2D eigenvalue weighted by atomic mass is 9.84. The number of unbranched alkanes of at least 4 members (excludes halogenated alkanes) is 5. The summed E-state index contributed by atoms with van der Waals surface area (Å²) in [6.45, 7) is 3.83. The van der Waals surface area contributed by atoms with Crippen molar-refractivity contribution in [2.24, 2.45) is 5.92 Å². The number of rotatable bonds is 9. The molecule has 0 saturated carbocycles.